The molecule has 0 amide bonds. The van der Waals surface area contributed by atoms with Crippen LogP contribution in [-0.4, -0.2) is 42.3 Å². The third-order valence-electron chi connectivity index (χ3n) is 3.52. The van der Waals surface area contributed by atoms with E-state index >= 15 is 0 Å². The number of rotatable bonds is 6. The highest BCUT2D eigenvalue weighted by Gasteiger charge is 2.25. The molecule has 9 nitrogen and oxygen atoms in total. The Kier molecular flexibility index (Phi) is 5.23. The summed E-state index contributed by atoms with van der Waals surface area (Å²) < 4.78 is 25.4. The van der Waals surface area contributed by atoms with E-state index in [-0.39, 0.29) is 41.1 Å². The van der Waals surface area contributed by atoms with Crippen LogP contribution in [0.1, 0.15) is 18.4 Å². The number of aliphatic carboxylic acids is 1. The van der Waals surface area contributed by atoms with Gasteiger partial charge < -0.3 is 15.1 Å². The molecule has 0 unspecified atom stereocenters. The first-order chi connectivity index (χ1) is 11.5. The predicted octanol–water partition coefficient (Wildman–Crippen LogP) is 0.809. The molecule has 25 heavy (non-hydrogen) atoms. The minimum absolute atomic E-state index is 0.00194. The van der Waals surface area contributed by atoms with Crippen LogP contribution >= 0.6 is 11.6 Å². The molecule has 3 N–H and O–H groups in total. The molecule has 11 heteroatoms. The zero-order valence-corrected chi connectivity index (χ0v) is 15.0. The van der Waals surface area contributed by atoms with Gasteiger partial charge in [0.2, 0.25) is 10.0 Å². The second kappa shape index (κ2) is 6.89. The number of anilines is 1. The van der Waals surface area contributed by atoms with Gasteiger partial charge in [-0.25, -0.2) is 8.42 Å². The number of carboxylic acid groups (broad SMARTS) is 1. The third kappa shape index (κ3) is 4.02. The fourth-order valence-electron chi connectivity index (χ4n) is 2.40. The molecular weight excluding hydrogens is 374 g/mol. The molecule has 0 fully saturated rings. The maximum atomic E-state index is 12.2. The largest absolute Gasteiger partial charge is 0.481 e. The van der Waals surface area contributed by atoms with Crippen molar-refractivity contribution < 1.29 is 18.3 Å². The van der Waals surface area contributed by atoms with Crippen molar-refractivity contribution in [1.29, 1.82) is 0 Å². The van der Waals surface area contributed by atoms with E-state index in [2.05, 4.69) is 9.97 Å². The fraction of sp³-hybridized carbons (Fsp3) is 0.357. The summed E-state index contributed by atoms with van der Waals surface area (Å²) in [6.07, 6.45) is 0.755. The number of hydrogen-bond donors (Lipinski definition) is 3. The van der Waals surface area contributed by atoms with Crippen molar-refractivity contribution >= 4 is 44.3 Å². The number of nitrogens with zero attached hydrogens (tertiary/aromatic N) is 1. The van der Waals surface area contributed by atoms with E-state index in [1.165, 1.54) is 6.07 Å². The topological polar surface area (TPSA) is 140 Å². The Morgan fingerprint density at radius 1 is 1.28 bits per heavy atom. The standard InChI is InChI=1S/C14H16ClN3O6S/c1-7-6-8-11(17-14(22)13(21)16-8)12(10(7)15)18(25(2,23)24)5-3-4-9(19)20/h6H,3-5H2,1-2H3,(H,16,21)(H,17,22)(H,19,20). The van der Waals surface area contributed by atoms with Crippen LogP contribution in [0, 0.1) is 6.92 Å². The maximum Gasteiger partial charge on any atom is 0.314 e. The van der Waals surface area contributed by atoms with E-state index in [1.54, 1.807) is 6.92 Å². The zero-order valence-electron chi connectivity index (χ0n) is 13.4. The number of halogens is 1. The van der Waals surface area contributed by atoms with Crippen molar-refractivity contribution in [2.24, 2.45) is 0 Å². The van der Waals surface area contributed by atoms with E-state index in [1.807, 2.05) is 0 Å². The number of hydrogen-bond acceptors (Lipinski definition) is 5. The monoisotopic (exact) mass is 389 g/mol. The Morgan fingerprint density at radius 3 is 2.44 bits per heavy atom. The van der Waals surface area contributed by atoms with Crippen LogP contribution in [0.5, 0.6) is 0 Å². The number of sulfonamides is 1. The van der Waals surface area contributed by atoms with E-state index < -0.39 is 27.1 Å². The highest BCUT2D eigenvalue weighted by Crippen LogP contribution is 2.36. The zero-order chi connectivity index (χ0) is 18.9. The van der Waals surface area contributed by atoms with Gasteiger partial charge in [0, 0.05) is 13.0 Å². The molecule has 2 aromatic rings. The van der Waals surface area contributed by atoms with Gasteiger partial charge in [-0.3, -0.25) is 18.7 Å². The van der Waals surface area contributed by atoms with E-state index in [0.29, 0.717) is 5.56 Å². The second-order valence-electron chi connectivity index (χ2n) is 5.52. The second-order valence-corrected chi connectivity index (χ2v) is 7.80. The Balaban J connectivity index is 2.75. The summed E-state index contributed by atoms with van der Waals surface area (Å²) in [5.74, 6) is -1.06. The lowest BCUT2D eigenvalue weighted by Crippen LogP contribution is -2.34. The maximum absolute atomic E-state index is 12.2. The SMILES string of the molecule is Cc1cc2[nH]c(=O)c(=O)[nH]c2c(N(CCCC(=O)O)S(C)(=O)=O)c1Cl. The van der Waals surface area contributed by atoms with Gasteiger partial charge in [-0.2, -0.15) is 0 Å². The molecule has 1 aromatic heterocycles. The van der Waals surface area contributed by atoms with Crippen LogP contribution in [0.25, 0.3) is 11.0 Å². The first-order valence-electron chi connectivity index (χ1n) is 7.17. The van der Waals surface area contributed by atoms with Gasteiger partial charge in [-0.05, 0) is 25.0 Å². The van der Waals surface area contributed by atoms with Gasteiger partial charge in [-0.15, -0.1) is 0 Å². The Labute approximate surface area is 147 Å². The molecule has 2 rings (SSSR count). The third-order valence-corrected chi connectivity index (χ3v) is 5.16. The van der Waals surface area contributed by atoms with Crippen molar-refractivity contribution in [3.63, 3.8) is 0 Å². The van der Waals surface area contributed by atoms with Crippen molar-refractivity contribution in [2.45, 2.75) is 19.8 Å². The van der Waals surface area contributed by atoms with E-state index in [9.17, 15) is 22.8 Å². The molecule has 0 radical (unpaired) electrons. The van der Waals surface area contributed by atoms with Gasteiger partial charge in [0.25, 0.3) is 0 Å². The highest BCUT2D eigenvalue weighted by molar-refractivity contribution is 7.92. The van der Waals surface area contributed by atoms with Gasteiger partial charge in [-0.1, -0.05) is 11.6 Å². The molecule has 1 aromatic carbocycles. The van der Waals surface area contributed by atoms with Crippen molar-refractivity contribution in [1.82, 2.24) is 9.97 Å². The number of aryl methyl sites for hydroxylation is 1. The lowest BCUT2D eigenvalue weighted by molar-refractivity contribution is -0.137. The van der Waals surface area contributed by atoms with Crippen molar-refractivity contribution in [2.75, 3.05) is 17.1 Å². The van der Waals surface area contributed by atoms with E-state index in [0.717, 1.165) is 10.6 Å². The number of nitrogens with one attached hydrogen (secondary N) is 2. The van der Waals surface area contributed by atoms with Gasteiger partial charge in [0.05, 0.1) is 28.0 Å². The number of H-pyrrole nitrogens is 2. The first kappa shape index (κ1) is 19.0. The Hall–Kier alpha value is -2.33. The summed E-state index contributed by atoms with van der Waals surface area (Å²) in [7, 11) is -3.83. The number of benzene rings is 1. The Bertz CT molecular complexity index is 1060. The fourth-order valence-corrected chi connectivity index (χ4v) is 3.68. The average Bonchev–Trinajstić information content (AvgIpc) is 2.47. The smallest absolute Gasteiger partial charge is 0.314 e. The summed E-state index contributed by atoms with van der Waals surface area (Å²) in [6, 6.07) is 1.51. The van der Waals surface area contributed by atoms with Crippen LogP contribution in [0.15, 0.2) is 15.7 Å². The molecule has 0 spiro atoms. The summed E-state index contributed by atoms with van der Waals surface area (Å²) in [5, 5.41) is 8.84. The molecule has 0 bridgehead atoms. The molecule has 0 atom stereocenters. The molecule has 0 aliphatic heterocycles. The molecule has 0 aliphatic rings. The van der Waals surface area contributed by atoms with E-state index in [4.69, 9.17) is 16.7 Å². The normalized spacial score (nSPS) is 11.6. The average molecular weight is 390 g/mol. The number of carbonyl (C=O) groups is 1. The molecule has 0 saturated heterocycles. The number of aromatic nitrogens is 2. The molecule has 0 saturated carbocycles. The van der Waals surface area contributed by atoms with Gasteiger partial charge in [0.1, 0.15) is 0 Å². The minimum Gasteiger partial charge on any atom is -0.481 e. The van der Waals surface area contributed by atoms with Crippen LogP contribution in [0.2, 0.25) is 5.02 Å². The summed E-state index contributed by atoms with van der Waals surface area (Å²) in [4.78, 5) is 38.6. The lowest BCUT2D eigenvalue weighted by Gasteiger charge is -2.25. The highest BCUT2D eigenvalue weighted by atomic mass is 35.5. The molecule has 1 heterocycles. The molecule has 136 valence electrons. The van der Waals surface area contributed by atoms with Crippen LogP contribution in [0.3, 0.4) is 0 Å². The Morgan fingerprint density at radius 2 is 1.88 bits per heavy atom. The van der Waals surface area contributed by atoms with Crippen molar-refractivity contribution in [3.8, 4) is 0 Å². The van der Waals surface area contributed by atoms with Gasteiger partial charge in [0.15, 0.2) is 0 Å². The molecular formula is C14H16ClN3O6S. The minimum atomic E-state index is -3.83. The summed E-state index contributed by atoms with van der Waals surface area (Å²) in [6.45, 7) is 1.47. The summed E-state index contributed by atoms with van der Waals surface area (Å²) in [5.41, 5.74) is -1.07. The van der Waals surface area contributed by atoms with Crippen LogP contribution in [-0.2, 0) is 14.8 Å². The lowest BCUT2D eigenvalue weighted by atomic mass is 10.1. The van der Waals surface area contributed by atoms with Gasteiger partial charge >= 0.3 is 17.1 Å². The summed E-state index contributed by atoms with van der Waals surface area (Å²) >= 11 is 6.27. The number of aromatic amines is 2. The predicted molar refractivity (Wildman–Crippen MR) is 94.0 cm³/mol. The van der Waals surface area contributed by atoms with Crippen LogP contribution in [0.4, 0.5) is 5.69 Å². The quantitative estimate of drug-likeness (QED) is 0.624. The number of fused-ring (bicyclic) bond motifs is 1. The van der Waals surface area contributed by atoms with Crippen LogP contribution < -0.4 is 15.4 Å². The number of carboxylic acids is 1. The first-order valence-corrected chi connectivity index (χ1v) is 9.40. The molecule has 0 aliphatic carbocycles. The van der Waals surface area contributed by atoms with Crippen molar-refractivity contribution in [3.05, 3.63) is 37.4 Å².